The number of rotatable bonds is 6. The molecule has 2 aromatic heterocycles. The number of nitrogens with zero attached hydrogens (tertiary/aromatic N) is 1. The van der Waals surface area contributed by atoms with Crippen LogP contribution >= 0.6 is 11.3 Å². The maximum absolute atomic E-state index is 12.6. The molecule has 0 spiro atoms. The first-order valence-corrected chi connectivity index (χ1v) is 11.0. The van der Waals surface area contributed by atoms with Gasteiger partial charge in [-0.05, 0) is 54.8 Å². The number of aromatic nitrogens is 1. The van der Waals surface area contributed by atoms with Crippen molar-refractivity contribution in [1.29, 1.82) is 0 Å². The SMILES string of the molecule is CC1CC1C(=O)Nc1cccc(C(=O)NCc2ccc(-c3nc4ccccc4s3)o2)c1. The zero-order chi connectivity index (χ0) is 21.4. The summed E-state index contributed by atoms with van der Waals surface area (Å²) in [5.74, 6) is 1.64. The third-order valence-electron chi connectivity index (χ3n) is 5.43. The molecule has 4 aromatic rings. The molecule has 0 bridgehead atoms. The van der Waals surface area contributed by atoms with Gasteiger partial charge >= 0.3 is 0 Å². The summed E-state index contributed by atoms with van der Waals surface area (Å²) in [4.78, 5) is 29.3. The fourth-order valence-corrected chi connectivity index (χ4v) is 4.42. The maximum Gasteiger partial charge on any atom is 0.251 e. The smallest absolute Gasteiger partial charge is 0.251 e. The molecule has 5 rings (SSSR count). The first kappa shape index (κ1) is 19.5. The Morgan fingerprint density at radius 2 is 1.97 bits per heavy atom. The first-order chi connectivity index (χ1) is 15.1. The number of benzene rings is 2. The Hall–Kier alpha value is -3.45. The van der Waals surface area contributed by atoms with Gasteiger partial charge in [-0.3, -0.25) is 9.59 Å². The lowest BCUT2D eigenvalue weighted by Crippen LogP contribution is -2.23. The molecule has 156 valence electrons. The Morgan fingerprint density at radius 3 is 2.77 bits per heavy atom. The highest BCUT2D eigenvalue weighted by molar-refractivity contribution is 7.21. The van der Waals surface area contributed by atoms with Gasteiger partial charge in [0.25, 0.3) is 5.91 Å². The van der Waals surface area contributed by atoms with Gasteiger partial charge in [-0.25, -0.2) is 4.98 Å². The minimum absolute atomic E-state index is 0.0167. The van der Waals surface area contributed by atoms with Crippen molar-refractivity contribution in [2.24, 2.45) is 11.8 Å². The van der Waals surface area contributed by atoms with E-state index in [1.54, 1.807) is 35.6 Å². The Morgan fingerprint density at radius 1 is 1.13 bits per heavy atom. The largest absolute Gasteiger partial charge is 0.457 e. The first-order valence-electron chi connectivity index (χ1n) is 10.2. The highest BCUT2D eigenvalue weighted by Gasteiger charge is 2.39. The van der Waals surface area contributed by atoms with Gasteiger partial charge in [0, 0.05) is 17.2 Å². The normalized spacial score (nSPS) is 17.5. The molecule has 1 aliphatic carbocycles. The predicted octanol–water partition coefficient (Wildman–Crippen LogP) is 5.08. The van der Waals surface area contributed by atoms with E-state index in [-0.39, 0.29) is 24.3 Å². The average molecular weight is 432 g/mol. The van der Waals surface area contributed by atoms with Crippen molar-refractivity contribution >= 4 is 39.1 Å². The van der Waals surface area contributed by atoms with Crippen LogP contribution in [0, 0.1) is 11.8 Å². The summed E-state index contributed by atoms with van der Waals surface area (Å²) >= 11 is 1.57. The number of hydrogen-bond acceptors (Lipinski definition) is 5. The van der Waals surface area contributed by atoms with Crippen molar-refractivity contribution in [3.63, 3.8) is 0 Å². The van der Waals surface area contributed by atoms with Gasteiger partial charge in [0.05, 0.1) is 16.8 Å². The van der Waals surface area contributed by atoms with Crippen molar-refractivity contribution in [2.45, 2.75) is 19.9 Å². The number of amides is 2. The van der Waals surface area contributed by atoms with Crippen LogP contribution in [0.3, 0.4) is 0 Å². The van der Waals surface area contributed by atoms with E-state index in [1.165, 1.54) is 0 Å². The van der Waals surface area contributed by atoms with Crippen molar-refractivity contribution in [2.75, 3.05) is 5.32 Å². The number of anilines is 1. The predicted molar refractivity (Wildman–Crippen MR) is 121 cm³/mol. The monoisotopic (exact) mass is 431 g/mol. The van der Waals surface area contributed by atoms with E-state index in [1.807, 2.05) is 36.4 Å². The van der Waals surface area contributed by atoms with Crippen molar-refractivity contribution < 1.29 is 14.0 Å². The van der Waals surface area contributed by atoms with Crippen LogP contribution in [0.5, 0.6) is 0 Å². The topological polar surface area (TPSA) is 84.2 Å². The second kappa shape index (κ2) is 8.00. The number of thiazole rings is 1. The highest BCUT2D eigenvalue weighted by Crippen LogP contribution is 2.38. The van der Waals surface area contributed by atoms with Crippen LogP contribution in [-0.2, 0) is 11.3 Å². The van der Waals surface area contributed by atoms with E-state index >= 15 is 0 Å². The van der Waals surface area contributed by atoms with Crippen LogP contribution < -0.4 is 10.6 Å². The molecule has 1 fully saturated rings. The molecule has 0 saturated heterocycles. The highest BCUT2D eigenvalue weighted by atomic mass is 32.1. The molecule has 2 amide bonds. The minimum Gasteiger partial charge on any atom is -0.457 e. The molecule has 2 N–H and O–H groups in total. The Kier molecular flexibility index (Phi) is 5.03. The lowest BCUT2D eigenvalue weighted by atomic mass is 10.2. The van der Waals surface area contributed by atoms with Crippen LogP contribution in [0.25, 0.3) is 21.0 Å². The number of carbonyl (C=O) groups excluding carboxylic acids is 2. The summed E-state index contributed by atoms with van der Waals surface area (Å²) in [6.45, 7) is 2.32. The van der Waals surface area contributed by atoms with Gasteiger partial charge in [0.1, 0.15) is 5.76 Å². The number of hydrogen-bond donors (Lipinski definition) is 2. The average Bonchev–Trinajstić information content (AvgIpc) is 3.17. The number of nitrogens with one attached hydrogen (secondary N) is 2. The van der Waals surface area contributed by atoms with Gasteiger partial charge in [0.2, 0.25) is 5.91 Å². The van der Waals surface area contributed by atoms with E-state index in [4.69, 9.17) is 4.42 Å². The second-order valence-corrected chi connectivity index (χ2v) is 8.86. The van der Waals surface area contributed by atoms with E-state index in [0.717, 1.165) is 21.6 Å². The number of furan rings is 1. The van der Waals surface area contributed by atoms with Crippen LogP contribution in [-0.4, -0.2) is 16.8 Å². The molecule has 2 aromatic carbocycles. The zero-order valence-electron chi connectivity index (χ0n) is 16.9. The Labute approximate surface area is 183 Å². The second-order valence-electron chi connectivity index (χ2n) is 7.82. The van der Waals surface area contributed by atoms with Crippen LogP contribution in [0.2, 0.25) is 0 Å². The van der Waals surface area contributed by atoms with Gasteiger partial charge < -0.3 is 15.1 Å². The summed E-state index contributed by atoms with van der Waals surface area (Å²) in [6.07, 6.45) is 0.925. The van der Waals surface area contributed by atoms with Crippen LogP contribution in [0.15, 0.2) is 65.1 Å². The molecular formula is C24H21N3O3S. The molecule has 0 radical (unpaired) electrons. The lowest BCUT2D eigenvalue weighted by molar-refractivity contribution is -0.117. The maximum atomic E-state index is 12.6. The Balaban J connectivity index is 1.22. The molecule has 2 atom stereocenters. The summed E-state index contributed by atoms with van der Waals surface area (Å²) < 4.78 is 6.98. The molecule has 31 heavy (non-hydrogen) atoms. The van der Waals surface area contributed by atoms with Crippen LogP contribution in [0.1, 0.15) is 29.5 Å². The van der Waals surface area contributed by atoms with Gasteiger partial charge in [0.15, 0.2) is 10.8 Å². The number of fused-ring (bicyclic) bond motifs is 1. The standard InChI is InChI=1S/C24H21N3O3S/c1-14-11-18(14)23(29)26-16-6-4-5-15(12-16)22(28)25-13-17-9-10-20(30-17)24-27-19-7-2-3-8-21(19)31-24/h2-10,12,14,18H,11,13H2,1H3,(H,25,28)(H,26,29). The minimum atomic E-state index is -0.228. The van der Waals surface area contributed by atoms with Crippen LogP contribution in [0.4, 0.5) is 5.69 Å². The van der Waals surface area contributed by atoms with Crippen molar-refractivity contribution in [1.82, 2.24) is 10.3 Å². The molecule has 6 nitrogen and oxygen atoms in total. The number of carbonyl (C=O) groups is 2. The fraction of sp³-hybridized carbons (Fsp3) is 0.208. The van der Waals surface area contributed by atoms with Gasteiger partial charge in [-0.15, -0.1) is 11.3 Å². The summed E-state index contributed by atoms with van der Waals surface area (Å²) in [5.41, 5.74) is 2.06. The van der Waals surface area contributed by atoms with Gasteiger partial charge in [-0.1, -0.05) is 25.1 Å². The molecule has 2 unspecified atom stereocenters. The molecular weight excluding hydrogens is 410 g/mol. The third-order valence-corrected chi connectivity index (χ3v) is 6.48. The molecule has 0 aliphatic heterocycles. The molecule has 1 saturated carbocycles. The quantitative estimate of drug-likeness (QED) is 0.446. The lowest BCUT2D eigenvalue weighted by Gasteiger charge is -2.07. The van der Waals surface area contributed by atoms with Gasteiger partial charge in [-0.2, -0.15) is 0 Å². The van der Waals surface area contributed by atoms with E-state index in [0.29, 0.717) is 28.7 Å². The van der Waals surface area contributed by atoms with Crippen molar-refractivity contribution in [3.8, 4) is 10.8 Å². The van der Waals surface area contributed by atoms with Crippen molar-refractivity contribution in [3.05, 3.63) is 72.0 Å². The fourth-order valence-electron chi connectivity index (χ4n) is 3.50. The third kappa shape index (κ3) is 4.22. The van der Waals surface area contributed by atoms with E-state index < -0.39 is 0 Å². The summed E-state index contributed by atoms with van der Waals surface area (Å²) in [5, 5.41) is 6.57. The number of para-hydroxylation sites is 1. The zero-order valence-corrected chi connectivity index (χ0v) is 17.7. The molecule has 2 heterocycles. The summed E-state index contributed by atoms with van der Waals surface area (Å²) in [6, 6.07) is 18.6. The molecule has 1 aliphatic rings. The summed E-state index contributed by atoms with van der Waals surface area (Å²) in [7, 11) is 0. The molecule has 7 heteroatoms. The van der Waals surface area contributed by atoms with E-state index in [9.17, 15) is 9.59 Å². The van der Waals surface area contributed by atoms with E-state index in [2.05, 4.69) is 22.5 Å². The Bertz CT molecular complexity index is 1240.